The Hall–Kier alpha value is -1.89. The van der Waals surface area contributed by atoms with E-state index in [1.165, 1.54) is 0 Å². The monoisotopic (exact) mass is 252 g/mol. The van der Waals surface area contributed by atoms with Gasteiger partial charge in [-0.3, -0.25) is 4.68 Å². The van der Waals surface area contributed by atoms with Gasteiger partial charge in [-0.1, -0.05) is 11.3 Å². The molecule has 2 aromatic rings. The zero-order valence-electron chi connectivity index (χ0n) is 9.47. The second kappa shape index (κ2) is 4.54. The standard InChI is InChI=1S/C10H12N4O2S/c1-3-14-5-7(4-11-14)13-10-12-6(2)8(17-10)9(15)16/h4-5H,3H2,1-2H3,(H,12,13)(H,15,16). The number of hydrogen-bond acceptors (Lipinski definition) is 5. The first-order chi connectivity index (χ1) is 8.10. The highest BCUT2D eigenvalue weighted by Gasteiger charge is 2.14. The Morgan fingerprint density at radius 2 is 2.41 bits per heavy atom. The van der Waals surface area contributed by atoms with Crippen LogP contribution in [0.4, 0.5) is 10.8 Å². The molecule has 90 valence electrons. The Labute approximate surface area is 102 Å². The van der Waals surface area contributed by atoms with Gasteiger partial charge in [0.2, 0.25) is 0 Å². The third kappa shape index (κ3) is 2.44. The van der Waals surface area contributed by atoms with Gasteiger partial charge in [-0.2, -0.15) is 5.10 Å². The van der Waals surface area contributed by atoms with E-state index >= 15 is 0 Å². The van der Waals surface area contributed by atoms with Gasteiger partial charge in [-0.15, -0.1) is 0 Å². The number of nitrogens with zero attached hydrogens (tertiary/aromatic N) is 3. The summed E-state index contributed by atoms with van der Waals surface area (Å²) in [6, 6.07) is 0. The predicted octanol–water partition coefficient (Wildman–Crippen LogP) is 2.11. The van der Waals surface area contributed by atoms with Crippen LogP contribution >= 0.6 is 11.3 Å². The van der Waals surface area contributed by atoms with E-state index in [1.54, 1.807) is 17.8 Å². The molecular weight excluding hydrogens is 240 g/mol. The van der Waals surface area contributed by atoms with Crippen LogP contribution in [0.3, 0.4) is 0 Å². The Bertz CT molecular complexity index is 546. The quantitative estimate of drug-likeness (QED) is 0.871. The molecule has 0 saturated heterocycles. The van der Waals surface area contributed by atoms with Gasteiger partial charge in [0.15, 0.2) is 5.13 Å². The molecule has 0 saturated carbocycles. The van der Waals surface area contributed by atoms with Gasteiger partial charge in [0.05, 0.1) is 17.6 Å². The average molecular weight is 252 g/mol. The van der Waals surface area contributed by atoms with Gasteiger partial charge < -0.3 is 10.4 Å². The fourth-order valence-electron chi connectivity index (χ4n) is 1.37. The van der Waals surface area contributed by atoms with Crippen molar-refractivity contribution in [3.05, 3.63) is 23.0 Å². The van der Waals surface area contributed by atoms with E-state index in [4.69, 9.17) is 5.11 Å². The molecular formula is C10H12N4O2S. The van der Waals surface area contributed by atoms with E-state index in [1.807, 2.05) is 13.1 Å². The maximum atomic E-state index is 10.9. The largest absolute Gasteiger partial charge is 0.477 e. The van der Waals surface area contributed by atoms with E-state index < -0.39 is 5.97 Å². The molecule has 6 nitrogen and oxygen atoms in total. The second-order valence-electron chi connectivity index (χ2n) is 3.45. The van der Waals surface area contributed by atoms with Crippen molar-refractivity contribution in [3.63, 3.8) is 0 Å². The number of rotatable bonds is 4. The number of nitrogens with one attached hydrogen (secondary N) is 1. The number of thiazole rings is 1. The molecule has 2 N–H and O–H groups in total. The fourth-order valence-corrected chi connectivity index (χ4v) is 2.20. The molecule has 2 aromatic heterocycles. The van der Waals surface area contributed by atoms with Crippen LogP contribution in [0.15, 0.2) is 12.4 Å². The van der Waals surface area contributed by atoms with Crippen molar-refractivity contribution in [2.45, 2.75) is 20.4 Å². The minimum absolute atomic E-state index is 0.260. The Morgan fingerprint density at radius 1 is 1.65 bits per heavy atom. The van der Waals surface area contributed by atoms with Crippen molar-refractivity contribution in [2.75, 3.05) is 5.32 Å². The number of aromatic nitrogens is 3. The molecule has 2 rings (SSSR count). The molecule has 17 heavy (non-hydrogen) atoms. The lowest BCUT2D eigenvalue weighted by Crippen LogP contribution is -1.94. The van der Waals surface area contributed by atoms with Gasteiger partial charge >= 0.3 is 5.97 Å². The van der Waals surface area contributed by atoms with Gasteiger partial charge in [0.1, 0.15) is 4.88 Å². The summed E-state index contributed by atoms with van der Waals surface area (Å²) in [7, 11) is 0. The zero-order valence-corrected chi connectivity index (χ0v) is 10.3. The predicted molar refractivity (Wildman–Crippen MR) is 65.0 cm³/mol. The third-order valence-corrected chi connectivity index (χ3v) is 3.26. The number of anilines is 2. The van der Waals surface area contributed by atoms with Crippen LogP contribution in [0.5, 0.6) is 0 Å². The summed E-state index contributed by atoms with van der Waals surface area (Å²) in [4.78, 5) is 15.3. The molecule has 0 aliphatic rings. The van der Waals surface area contributed by atoms with Gasteiger partial charge in [0.25, 0.3) is 0 Å². The van der Waals surface area contributed by atoms with Crippen molar-refractivity contribution in [2.24, 2.45) is 0 Å². The van der Waals surface area contributed by atoms with Crippen LogP contribution in [-0.2, 0) is 6.54 Å². The highest BCUT2D eigenvalue weighted by atomic mass is 32.1. The lowest BCUT2D eigenvalue weighted by atomic mass is 10.4. The Kier molecular flexibility index (Phi) is 3.10. The number of carboxylic acids is 1. The Balaban J connectivity index is 2.18. The molecule has 2 heterocycles. The number of aryl methyl sites for hydroxylation is 2. The summed E-state index contributed by atoms with van der Waals surface area (Å²) in [5.41, 5.74) is 1.32. The van der Waals surface area contributed by atoms with E-state index in [0.717, 1.165) is 23.6 Å². The van der Waals surface area contributed by atoms with Crippen molar-refractivity contribution in [3.8, 4) is 0 Å². The highest BCUT2D eigenvalue weighted by Crippen LogP contribution is 2.25. The van der Waals surface area contributed by atoms with E-state index in [9.17, 15) is 4.79 Å². The van der Waals surface area contributed by atoms with E-state index in [0.29, 0.717) is 10.8 Å². The molecule has 0 fully saturated rings. The van der Waals surface area contributed by atoms with Crippen molar-refractivity contribution in [1.29, 1.82) is 0 Å². The summed E-state index contributed by atoms with van der Waals surface area (Å²) in [6.07, 6.45) is 3.53. The number of carboxylic acid groups (broad SMARTS) is 1. The smallest absolute Gasteiger partial charge is 0.347 e. The van der Waals surface area contributed by atoms with Crippen LogP contribution < -0.4 is 5.32 Å². The SMILES string of the molecule is CCn1cc(Nc2nc(C)c(C(=O)O)s2)cn1. The molecule has 0 aliphatic heterocycles. The highest BCUT2D eigenvalue weighted by molar-refractivity contribution is 7.17. The summed E-state index contributed by atoms with van der Waals surface area (Å²) in [5, 5.41) is 16.6. The Morgan fingerprint density at radius 3 is 2.94 bits per heavy atom. The van der Waals surface area contributed by atoms with Crippen LogP contribution in [-0.4, -0.2) is 25.8 Å². The first-order valence-corrected chi connectivity index (χ1v) is 5.92. The summed E-state index contributed by atoms with van der Waals surface area (Å²) in [5.74, 6) is -0.947. The maximum absolute atomic E-state index is 10.9. The molecule has 0 unspecified atom stereocenters. The normalized spacial score (nSPS) is 10.5. The molecule has 0 aromatic carbocycles. The number of aromatic carboxylic acids is 1. The van der Waals surface area contributed by atoms with Gasteiger partial charge in [-0.25, -0.2) is 9.78 Å². The first-order valence-electron chi connectivity index (χ1n) is 5.10. The maximum Gasteiger partial charge on any atom is 0.347 e. The lowest BCUT2D eigenvalue weighted by Gasteiger charge is -1.96. The molecule has 0 atom stereocenters. The lowest BCUT2D eigenvalue weighted by molar-refractivity contribution is 0.0701. The number of carbonyl (C=O) groups is 1. The third-order valence-electron chi connectivity index (χ3n) is 2.20. The van der Waals surface area contributed by atoms with E-state index in [2.05, 4.69) is 15.4 Å². The fraction of sp³-hybridized carbons (Fsp3) is 0.300. The van der Waals surface area contributed by atoms with Crippen molar-refractivity contribution in [1.82, 2.24) is 14.8 Å². The van der Waals surface area contributed by atoms with Crippen LogP contribution in [0.25, 0.3) is 0 Å². The molecule has 0 radical (unpaired) electrons. The molecule has 0 bridgehead atoms. The molecule has 7 heteroatoms. The average Bonchev–Trinajstić information content (AvgIpc) is 2.85. The molecule has 0 amide bonds. The number of hydrogen-bond donors (Lipinski definition) is 2. The van der Waals surface area contributed by atoms with Crippen molar-refractivity contribution >= 4 is 28.1 Å². The van der Waals surface area contributed by atoms with Crippen molar-refractivity contribution < 1.29 is 9.90 Å². The van der Waals surface area contributed by atoms with Crippen LogP contribution in [0, 0.1) is 6.92 Å². The first kappa shape index (κ1) is 11.6. The summed E-state index contributed by atoms with van der Waals surface area (Å²) in [6.45, 7) is 4.46. The zero-order chi connectivity index (χ0) is 12.4. The van der Waals surface area contributed by atoms with Crippen LogP contribution in [0.2, 0.25) is 0 Å². The summed E-state index contributed by atoms with van der Waals surface area (Å²) < 4.78 is 1.78. The topological polar surface area (TPSA) is 80.0 Å². The molecule has 0 aliphatic carbocycles. The van der Waals surface area contributed by atoms with Gasteiger partial charge in [-0.05, 0) is 13.8 Å². The van der Waals surface area contributed by atoms with Gasteiger partial charge in [0, 0.05) is 12.7 Å². The van der Waals surface area contributed by atoms with Crippen LogP contribution in [0.1, 0.15) is 22.3 Å². The van der Waals surface area contributed by atoms with E-state index in [-0.39, 0.29) is 4.88 Å². The minimum atomic E-state index is -0.947. The second-order valence-corrected chi connectivity index (χ2v) is 4.45. The minimum Gasteiger partial charge on any atom is -0.477 e. The summed E-state index contributed by atoms with van der Waals surface area (Å²) >= 11 is 1.12. The molecule has 0 spiro atoms.